The van der Waals surface area contributed by atoms with Crippen molar-refractivity contribution in [1.82, 2.24) is 0 Å². The monoisotopic (exact) mass is 362 g/mol. The van der Waals surface area contributed by atoms with Gasteiger partial charge in [0.05, 0.1) is 24.5 Å². The molecule has 3 heterocycles. The fourth-order valence-electron chi connectivity index (χ4n) is 3.83. The maximum atomic E-state index is 11.6. The fourth-order valence-corrected chi connectivity index (χ4v) is 3.83. The van der Waals surface area contributed by atoms with Crippen molar-refractivity contribution in [1.29, 1.82) is 0 Å². The predicted molar refractivity (Wildman–Crippen MR) is 97.3 cm³/mol. The van der Waals surface area contributed by atoms with Crippen molar-refractivity contribution < 1.29 is 23.8 Å². The molecule has 1 aromatic rings. The van der Waals surface area contributed by atoms with Gasteiger partial charge in [0.15, 0.2) is 0 Å². The molecule has 144 valence electrons. The topological polar surface area (TPSA) is 72.2 Å². The van der Waals surface area contributed by atoms with Crippen LogP contribution in [-0.2, 0) is 20.7 Å². The molecule has 26 heavy (non-hydrogen) atoms. The van der Waals surface area contributed by atoms with E-state index in [1.807, 2.05) is 6.07 Å². The highest BCUT2D eigenvalue weighted by atomic mass is 16.8. The second kappa shape index (κ2) is 8.87. The number of allylic oxidation sites excluding steroid dienone is 1. The summed E-state index contributed by atoms with van der Waals surface area (Å²) < 4.78 is 15.4. The Morgan fingerprint density at radius 3 is 2.96 bits per heavy atom. The normalized spacial score (nSPS) is 27.1. The molecule has 0 saturated carbocycles. The van der Waals surface area contributed by atoms with Crippen molar-refractivity contribution in [2.24, 2.45) is 11.8 Å². The van der Waals surface area contributed by atoms with Crippen molar-refractivity contribution in [3.8, 4) is 0 Å². The first kappa shape index (κ1) is 19.2. The summed E-state index contributed by atoms with van der Waals surface area (Å²) in [6.45, 7) is 4.26. The first-order valence-electron chi connectivity index (χ1n) is 9.73. The van der Waals surface area contributed by atoms with Gasteiger partial charge in [-0.3, -0.25) is 4.79 Å². The zero-order chi connectivity index (χ0) is 18.5. The van der Waals surface area contributed by atoms with Crippen LogP contribution in [0.5, 0.6) is 0 Å². The van der Waals surface area contributed by atoms with E-state index in [4.69, 9.17) is 13.9 Å². The highest BCUT2D eigenvalue weighted by Crippen LogP contribution is 2.40. The number of fused-ring (bicyclic) bond motifs is 1. The Hall–Kier alpha value is -1.59. The lowest BCUT2D eigenvalue weighted by Gasteiger charge is -2.17. The van der Waals surface area contributed by atoms with E-state index in [-0.39, 0.29) is 30.4 Å². The summed E-state index contributed by atoms with van der Waals surface area (Å²) in [5.74, 6) is 0.271. The molecule has 0 aromatic carbocycles. The molecule has 2 aliphatic heterocycles. The van der Waals surface area contributed by atoms with E-state index in [1.165, 1.54) is 11.1 Å². The third kappa shape index (κ3) is 5.45. The largest absolute Gasteiger partial charge is 0.472 e. The molecule has 0 radical (unpaired) electrons. The summed E-state index contributed by atoms with van der Waals surface area (Å²) in [6, 6.07) is 2.01. The van der Waals surface area contributed by atoms with Crippen molar-refractivity contribution in [3.63, 3.8) is 0 Å². The number of esters is 1. The zero-order valence-electron chi connectivity index (χ0n) is 15.7. The lowest BCUT2D eigenvalue weighted by atomic mass is 9.93. The first-order valence-corrected chi connectivity index (χ1v) is 9.73. The van der Waals surface area contributed by atoms with Crippen LogP contribution in [0.1, 0.15) is 57.9 Å². The van der Waals surface area contributed by atoms with Gasteiger partial charge in [-0.2, -0.15) is 0 Å². The quantitative estimate of drug-likeness (QED) is 0.366. The third-order valence-electron chi connectivity index (χ3n) is 5.36. The van der Waals surface area contributed by atoms with Crippen LogP contribution in [0.4, 0.5) is 0 Å². The van der Waals surface area contributed by atoms with Gasteiger partial charge in [-0.25, -0.2) is 0 Å². The Morgan fingerprint density at radius 2 is 2.27 bits per heavy atom. The second-order valence-corrected chi connectivity index (χ2v) is 7.86. The Bertz CT molecular complexity index is 606. The van der Waals surface area contributed by atoms with Crippen LogP contribution in [0.25, 0.3) is 0 Å². The van der Waals surface area contributed by atoms with Gasteiger partial charge in [0.25, 0.3) is 0 Å². The lowest BCUT2D eigenvalue weighted by Crippen LogP contribution is -2.15. The number of carbonyl (C=O) groups is 1. The Labute approximate surface area is 155 Å². The highest BCUT2D eigenvalue weighted by Gasteiger charge is 2.57. The molecule has 0 amide bonds. The number of rotatable bonds is 11. The Balaban J connectivity index is 1.29. The maximum absolute atomic E-state index is 11.6. The van der Waals surface area contributed by atoms with Gasteiger partial charge in [0.2, 0.25) is 6.29 Å². The van der Waals surface area contributed by atoms with E-state index >= 15 is 0 Å². The molecule has 5 nitrogen and oxygen atoms in total. The number of aliphatic hydroxyl groups excluding tert-OH is 1. The molecule has 2 fully saturated rings. The lowest BCUT2D eigenvalue weighted by molar-refractivity contribution is -0.151. The molecule has 0 spiro atoms. The van der Waals surface area contributed by atoms with Crippen LogP contribution in [0.15, 0.2) is 34.7 Å². The summed E-state index contributed by atoms with van der Waals surface area (Å²) in [7, 11) is 0. The van der Waals surface area contributed by atoms with Gasteiger partial charge in [-0.1, -0.05) is 25.0 Å². The van der Waals surface area contributed by atoms with Gasteiger partial charge < -0.3 is 19.0 Å². The maximum Gasteiger partial charge on any atom is 0.314 e. The molecule has 3 rings (SSSR count). The molecular weight excluding hydrogens is 332 g/mol. The summed E-state index contributed by atoms with van der Waals surface area (Å²) in [5, 5.41) is 10.3. The second-order valence-electron chi connectivity index (χ2n) is 7.86. The summed E-state index contributed by atoms with van der Waals surface area (Å²) in [4.78, 5) is 11.6. The van der Waals surface area contributed by atoms with Crippen molar-refractivity contribution >= 4 is 5.97 Å². The number of aryl methyl sites for hydroxylation is 1. The Morgan fingerprint density at radius 1 is 1.42 bits per heavy atom. The number of hydrogen-bond acceptors (Lipinski definition) is 5. The molecule has 1 N–H and O–H groups in total. The number of hydrogen-bond donors (Lipinski definition) is 1. The number of carbonyl (C=O) groups excluding carboxylic acids is 1. The molecule has 2 saturated heterocycles. The minimum absolute atomic E-state index is 0.00954. The Kier molecular flexibility index (Phi) is 6.54. The van der Waals surface area contributed by atoms with Crippen LogP contribution >= 0.6 is 0 Å². The van der Waals surface area contributed by atoms with Crippen LogP contribution in [0.2, 0.25) is 0 Å². The first-order chi connectivity index (χ1) is 12.5. The standard InChI is InChI=1S/C21H30O5/c1-14(5-3-7-16-9-10-24-13-16)11-17(22)12-15(2)6-4-8-18-19-21(25-19)26-20(18)23/h6,9-10,13-14,17-19,21-22H,3-5,7-8,11-12H2,1-2H3. The minimum Gasteiger partial charge on any atom is -0.472 e. The van der Waals surface area contributed by atoms with Gasteiger partial charge in [-0.15, -0.1) is 0 Å². The highest BCUT2D eigenvalue weighted by molar-refractivity contribution is 5.76. The fraction of sp³-hybridized carbons (Fsp3) is 0.667. The molecule has 2 aliphatic rings. The summed E-state index contributed by atoms with van der Waals surface area (Å²) in [5.41, 5.74) is 2.42. The smallest absolute Gasteiger partial charge is 0.314 e. The van der Waals surface area contributed by atoms with Crippen LogP contribution in [0, 0.1) is 11.8 Å². The average Bonchev–Trinajstić information content (AvgIpc) is 3.00. The number of epoxide rings is 1. The zero-order valence-corrected chi connectivity index (χ0v) is 15.7. The number of aliphatic hydroxyl groups is 1. The van der Waals surface area contributed by atoms with Crippen molar-refractivity contribution in [2.45, 2.75) is 77.3 Å². The van der Waals surface area contributed by atoms with E-state index in [0.29, 0.717) is 12.3 Å². The van der Waals surface area contributed by atoms with E-state index in [9.17, 15) is 9.90 Å². The number of ether oxygens (including phenoxy) is 2. The van der Waals surface area contributed by atoms with Crippen molar-refractivity contribution in [2.75, 3.05) is 0 Å². The van der Waals surface area contributed by atoms with Gasteiger partial charge in [-0.05, 0) is 63.0 Å². The van der Waals surface area contributed by atoms with E-state index < -0.39 is 0 Å². The molecule has 5 atom stereocenters. The van der Waals surface area contributed by atoms with E-state index in [1.54, 1.807) is 12.5 Å². The van der Waals surface area contributed by atoms with E-state index in [2.05, 4.69) is 19.9 Å². The SMILES string of the molecule is CC(=CCCC1C(=O)OC2OC21)CC(O)CC(C)CCCc1ccoc1. The van der Waals surface area contributed by atoms with Gasteiger partial charge >= 0.3 is 5.97 Å². The van der Waals surface area contributed by atoms with Crippen LogP contribution in [0.3, 0.4) is 0 Å². The van der Waals surface area contributed by atoms with Gasteiger partial charge in [0, 0.05) is 0 Å². The van der Waals surface area contributed by atoms with Crippen molar-refractivity contribution in [3.05, 3.63) is 35.8 Å². The summed E-state index contributed by atoms with van der Waals surface area (Å²) >= 11 is 0. The predicted octanol–water partition coefficient (Wildman–Crippen LogP) is 4.00. The number of furan rings is 1. The molecular formula is C21H30O5. The minimum atomic E-state index is -0.303. The molecule has 5 unspecified atom stereocenters. The van der Waals surface area contributed by atoms with E-state index in [0.717, 1.165) is 38.5 Å². The third-order valence-corrected chi connectivity index (χ3v) is 5.36. The van der Waals surface area contributed by atoms with Gasteiger partial charge in [0.1, 0.15) is 6.10 Å². The average molecular weight is 362 g/mol. The van der Waals surface area contributed by atoms with Crippen LogP contribution < -0.4 is 0 Å². The molecule has 0 bridgehead atoms. The summed E-state index contributed by atoms with van der Waals surface area (Å²) in [6.07, 6.45) is 11.4. The molecule has 0 aliphatic carbocycles. The van der Waals surface area contributed by atoms with Crippen LogP contribution in [-0.4, -0.2) is 29.6 Å². The molecule has 5 heteroatoms. The molecule has 1 aromatic heterocycles.